The van der Waals surface area contributed by atoms with Crippen molar-refractivity contribution in [3.63, 3.8) is 0 Å². The van der Waals surface area contributed by atoms with E-state index in [1.54, 1.807) is 18.2 Å². The summed E-state index contributed by atoms with van der Waals surface area (Å²) in [5, 5.41) is 2.85. The van der Waals surface area contributed by atoms with Crippen molar-refractivity contribution >= 4 is 45.5 Å². The molecule has 2 aliphatic rings. The van der Waals surface area contributed by atoms with Gasteiger partial charge in [0.15, 0.2) is 17.4 Å². The number of fused-ring (bicyclic) bond motifs is 2. The molecule has 0 unspecified atom stereocenters. The van der Waals surface area contributed by atoms with E-state index in [1.165, 1.54) is 24.3 Å². The van der Waals surface area contributed by atoms with E-state index in [-0.39, 0.29) is 21.8 Å². The fourth-order valence-electron chi connectivity index (χ4n) is 5.05. The van der Waals surface area contributed by atoms with Crippen LogP contribution in [-0.4, -0.2) is 32.9 Å². The van der Waals surface area contributed by atoms with Crippen LogP contribution in [0.25, 0.3) is 5.76 Å². The first-order chi connectivity index (χ1) is 18.4. The summed E-state index contributed by atoms with van der Waals surface area (Å²) >= 11 is 0. The van der Waals surface area contributed by atoms with Crippen LogP contribution in [0.5, 0.6) is 0 Å². The lowest BCUT2D eigenvalue weighted by Crippen LogP contribution is -2.45. The van der Waals surface area contributed by atoms with Crippen molar-refractivity contribution in [3.8, 4) is 0 Å². The molecule has 1 aliphatic heterocycles. The van der Waals surface area contributed by atoms with Crippen LogP contribution in [0.1, 0.15) is 63.5 Å². The average Bonchev–Trinajstić information content (AvgIpc) is 2.88. The Morgan fingerprint density at radius 1 is 1.10 bits per heavy atom. The predicted molar refractivity (Wildman–Crippen MR) is 144 cm³/mol. The molecule has 1 aliphatic carbocycles. The third-order valence-corrected chi connectivity index (χ3v) is 8.29. The number of nitrogens with zero attached hydrogens (tertiary/aromatic N) is 1. The second-order valence-corrected chi connectivity index (χ2v) is 11.3. The van der Waals surface area contributed by atoms with Gasteiger partial charge in [0.1, 0.15) is 10.5 Å². The van der Waals surface area contributed by atoms with E-state index in [2.05, 4.69) is 9.71 Å². The number of Topliss-reactive ketones (excluding diaryl/α,β-unsaturated/α-hetero) is 1. The summed E-state index contributed by atoms with van der Waals surface area (Å²) in [6.45, 7) is 3.93. The van der Waals surface area contributed by atoms with Crippen molar-refractivity contribution in [1.82, 2.24) is 0 Å². The molecular formula is C27H30F3N3O5S. The number of nitrogens with two attached hydrogens (primary N) is 1. The first kappa shape index (κ1) is 28.7. The molecule has 39 heavy (non-hydrogen) atoms. The number of hydrogen-bond donors (Lipinski definition) is 4. The molecule has 0 radical (unpaired) electrons. The molecule has 0 bridgehead atoms. The van der Waals surface area contributed by atoms with Crippen LogP contribution in [0, 0.1) is 0 Å². The number of unbranched alkanes of at least 4 members (excludes halogenated alkanes) is 2. The summed E-state index contributed by atoms with van der Waals surface area (Å²) in [7, 11) is -3.92. The maximum Gasteiger partial charge on any atom is 0.491 e. The van der Waals surface area contributed by atoms with Gasteiger partial charge in [0, 0.05) is 11.3 Å². The van der Waals surface area contributed by atoms with Gasteiger partial charge in [-0.05, 0) is 36.6 Å². The number of benzene rings is 2. The molecule has 2 aromatic rings. The summed E-state index contributed by atoms with van der Waals surface area (Å²) < 4.78 is 70.8. The zero-order valence-corrected chi connectivity index (χ0v) is 22.3. The average molecular weight is 566 g/mol. The maximum absolute atomic E-state index is 14.5. The largest absolute Gasteiger partial charge is 0.491 e. The highest BCUT2D eigenvalue weighted by molar-refractivity contribution is 8.23. The van der Waals surface area contributed by atoms with Crippen LogP contribution in [0.15, 0.2) is 57.3 Å². The topological polar surface area (TPSA) is 134 Å². The third kappa shape index (κ3) is 5.28. The molecule has 5 N–H and O–H groups in total. The van der Waals surface area contributed by atoms with Gasteiger partial charge in [-0.2, -0.15) is 13.2 Å². The number of halogens is 3. The Balaban J connectivity index is 2.01. The number of ether oxygens (including phenoxy) is 1. The molecule has 0 saturated carbocycles. The number of esters is 1. The van der Waals surface area contributed by atoms with Gasteiger partial charge >= 0.3 is 12.1 Å². The molecule has 12 heteroatoms. The highest BCUT2D eigenvalue weighted by atomic mass is 32.3. The first-order valence-electron chi connectivity index (χ1n) is 12.6. The summed E-state index contributed by atoms with van der Waals surface area (Å²) in [4.78, 5) is 26.6. The molecule has 0 atom stereocenters. The van der Waals surface area contributed by atoms with Crippen LogP contribution < -0.4 is 11.1 Å². The molecule has 0 amide bonds. The lowest BCUT2D eigenvalue weighted by Gasteiger charge is -2.41. The van der Waals surface area contributed by atoms with Crippen LogP contribution in [-0.2, 0) is 19.7 Å². The van der Waals surface area contributed by atoms with E-state index in [0.717, 1.165) is 12.8 Å². The summed E-state index contributed by atoms with van der Waals surface area (Å²) in [6.07, 6.45) is -1.76. The molecule has 0 spiro atoms. The minimum atomic E-state index is -5.34. The number of amidine groups is 1. The standard InChI is InChI=1S/C27H30F3N3O5S/c1-3-5-13-26(14-6-4-2)18-10-8-7-9-17(18)22(38-25(35)27(28,29)30)21(23(26)34)24-32-19-12-11-16(31)15-20(19)39(36,37)33-24/h7-12,15,36-37H,3-6,13-14,31H2,1-2H3,(H,32,33). The number of hydrogen-bond acceptors (Lipinski definition) is 8. The lowest BCUT2D eigenvalue weighted by molar-refractivity contribution is -0.192. The van der Waals surface area contributed by atoms with Gasteiger partial charge in [-0.25, -0.2) is 4.79 Å². The third-order valence-electron chi connectivity index (χ3n) is 6.93. The van der Waals surface area contributed by atoms with E-state index in [1.807, 2.05) is 13.8 Å². The molecule has 2 aromatic carbocycles. The Bertz CT molecular complexity index is 1360. The summed E-state index contributed by atoms with van der Waals surface area (Å²) in [5.41, 5.74) is 5.18. The fourth-order valence-corrected chi connectivity index (χ4v) is 6.25. The Morgan fingerprint density at radius 2 is 1.74 bits per heavy atom. The number of nitrogens with one attached hydrogen (secondary N) is 1. The van der Waals surface area contributed by atoms with Crippen LogP contribution in [0.2, 0.25) is 0 Å². The van der Waals surface area contributed by atoms with Gasteiger partial charge in [-0.3, -0.25) is 13.9 Å². The van der Waals surface area contributed by atoms with Crippen LogP contribution in [0.3, 0.4) is 0 Å². The number of nitrogen functional groups attached to an aromatic ring is 1. The zero-order valence-electron chi connectivity index (χ0n) is 21.5. The Hall–Kier alpha value is -3.35. The van der Waals surface area contributed by atoms with E-state index < -0.39 is 51.3 Å². The monoisotopic (exact) mass is 565 g/mol. The Morgan fingerprint density at radius 3 is 2.36 bits per heavy atom. The molecule has 0 saturated heterocycles. The van der Waals surface area contributed by atoms with Crippen molar-refractivity contribution < 1.29 is 36.6 Å². The van der Waals surface area contributed by atoms with Gasteiger partial charge in [-0.1, -0.05) is 74.6 Å². The molecule has 0 aromatic heterocycles. The minimum Gasteiger partial charge on any atom is -0.418 e. The van der Waals surface area contributed by atoms with Gasteiger partial charge in [0.25, 0.3) is 0 Å². The number of anilines is 2. The summed E-state index contributed by atoms with van der Waals surface area (Å²) in [6, 6.07) is 10.6. The molecular weight excluding hydrogens is 535 g/mol. The highest BCUT2D eigenvalue weighted by Crippen LogP contribution is 2.57. The van der Waals surface area contributed by atoms with Crippen LogP contribution >= 0.6 is 10.8 Å². The van der Waals surface area contributed by atoms with Crippen molar-refractivity contribution in [3.05, 3.63) is 59.2 Å². The minimum absolute atomic E-state index is 0.0347. The van der Waals surface area contributed by atoms with Crippen molar-refractivity contribution in [2.45, 2.75) is 68.9 Å². The van der Waals surface area contributed by atoms with Crippen LogP contribution in [0.4, 0.5) is 24.5 Å². The van der Waals surface area contributed by atoms with Gasteiger partial charge in [0.2, 0.25) is 0 Å². The predicted octanol–water partition coefficient (Wildman–Crippen LogP) is 6.84. The summed E-state index contributed by atoms with van der Waals surface area (Å²) in [5.74, 6) is -4.15. The Labute approximate surface area is 225 Å². The fraction of sp³-hybridized carbons (Fsp3) is 0.370. The molecule has 8 nitrogen and oxygen atoms in total. The molecule has 0 fully saturated rings. The highest BCUT2D eigenvalue weighted by Gasteiger charge is 2.51. The second kappa shape index (κ2) is 10.7. The molecule has 4 rings (SSSR count). The first-order valence-corrected chi connectivity index (χ1v) is 14.1. The maximum atomic E-state index is 14.5. The zero-order chi connectivity index (χ0) is 28.6. The van der Waals surface area contributed by atoms with Crippen molar-refractivity contribution in [2.24, 2.45) is 4.40 Å². The Kier molecular flexibility index (Phi) is 7.84. The number of carbonyl (C=O) groups excluding carboxylic acids is 2. The van der Waals surface area contributed by atoms with E-state index in [0.29, 0.717) is 31.2 Å². The second-order valence-electron chi connectivity index (χ2n) is 9.59. The molecule has 1 heterocycles. The number of rotatable bonds is 8. The molecule has 210 valence electrons. The van der Waals surface area contributed by atoms with Crippen molar-refractivity contribution in [1.29, 1.82) is 0 Å². The van der Waals surface area contributed by atoms with E-state index >= 15 is 0 Å². The van der Waals surface area contributed by atoms with Crippen molar-refractivity contribution in [2.75, 3.05) is 11.1 Å². The number of ketones is 1. The normalized spacial score (nSPS) is 18.4. The van der Waals surface area contributed by atoms with E-state index in [9.17, 15) is 31.9 Å². The van der Waals surface area contributed by atoms with Gasteiger partial charge in [0.05, 0.1) is 11.1 Å². The smallest absolute Gasteiger partial charge is 0.418 e. The van der Waals surface area contributed by atoms with Gasteiger partial charge in [-0.15, -0.1) is 4.40 Å². The van der Waals surface area contributed by atoms with E-state index in [4.69, 9.17) is 10.5 Å². The number of alkyl halides is 3. The van der Waals surface area contributed by atoms with Gasteiger partial charge < -0.3 is 15.8 Å². The quantitative estimate of drug-likeness (QED) is 0.203. The number of carbonyl (C=O) groups is 2. The lowest BCUT2D eigenvalue weighted by atomic mass is 9.63. The SMILES string of the molecule is CCCCC1(CCCC)C(=O)C(C2=NS(O)(O)c3cc(N)ccc3N2)=C(OC(=O)C(F)(F)F)c2ccccc21.